The SMILES string of the molecule is CC(=O)c1cc(C=Cc2cccc(Cl)c2)co1. The Bertz CT molecular complexity index is 567. The highest BCUT2D eigenvalue weighted by Crippen LogP contribution is 2.15. The van der Waals surface area contributed by atoms with Crippen molar-refractivity contribution in [2.24, 2.45) is 0 Å². The van der Waals surface area contributed by atoms with Gasteiger partial charge in [0, 0.05) is 17.5 Å². The van der Waals surface area contributed by atoms with Crippen LogP contribution in [0.15, 0.2) is 41.0 Å². The van der Waals surface area contributed by atoms with Crippen molar-refractivity contribution in [3.05, 3.63) is 58.5 Å². The fourth-order valence-corrected chi connectivity index (χ4v) is 1.62. The highest BCUT2D eigenvalue weighted by atomic mass is 35.5. The van der Waals surface area contributed by atoms with Crippen molar-refractivity contribution < 1.29 is 9.21 Å². The molecule has 0 N–H and O–H groups in total. The van der Waals surface area contributed by atoms with Gasteiger partial charge in [-0.2, -0.15) is 0 Å². The van der Waals surface area contributed by atoms with Crippen molar-refractivity contribution in [3.63, 3.8) is 0 Å². The molecule has 2 aromatic rings. The van der Waals surface area contributed by atoms with Gasteiger partial charge in [-0.3, -0.25) is 4.79 Å². The Kier molecular flexibility index (Phi) is 3.45. The first-order valence-corrected chi connectivity index (χ1v) is 5.56. The van der Waals surface area contributed by atoms with E-state index in [1.807, 2.05) is 36.4 Å². The van der Waals surface area contributed by atoms with E-state index in [0.29, 0.717) is 10.8 Å². The lowest BCUT2D eigenvalue weighted by atomic mass is 10.2. The van der Waals surface area contributed by atoms with Crippen molar-refractivity contribution in [1.82, 2.24) is 0 Å². The third-order valence-electron chi connectivity index (χ3n) is 2.28. The molecule has 0 unspecified atom stereocenters. The van der Waals surface area contributed by atoms with Crippen LogP contribution in [0.2, 0.25) is 5.02 Å². The maximum Gasteiger partial charge on any atom is 0.194 e. The summed E-state index contributed by atoms with van der Waals surface area (Å²) >= 11 is 5.88. The molecule has 17 heavy (non-hydrogen) atoms. The van der Waals surface area contributed by atoms with Crippen LogP contribution in [0, 0.1) is 0 Å². The molecule has 0 saturated carbocycles. The maximum absolute atomic E-state index is 11.0. The molecule has 86 valence electrons. The monoisotopic (exact) mass is 246 g/mol. The van der Waals surface area contributed by atoms with Gasteiger partial charge in [-0.25, -0.2) is 0 Å². The molecule has 0 amide bonds. The Hall–Kier alpha value is -1.80. The highest BCUT2D eigenvalue weighted by Gasteiger charge is 2.03. The predicted molar refractivity (Wildman–Crippen MR) is 69.1 cm³/mol. The zero-order valence-corrected chi connectivity index (χ0v) is 10.1. The summed E-state index contributed by atoms with van der Waals surface area (Å²) in [6.07, 6.45) is 5.35. The van der Waals surface area contributed by atoms with Crippen molar-refractivity contribution in [1.29, 1.82) is 0 Å². The largest absolute Gasteiger partial charge is 0.461 e. The third kappa shape index (κ3) is 3.08. The van der Waals surface area contributed by atoms with Crippen LogP contribution in [0.4, 0.5) is 0 Å². The van der Waals surface area contributed by atoms with Crippen LogP contribution in [0.5, 0.6) is 0 Å². The van der Waals surface area contributed by atoms with Crippen molar-refractivity contribution in [2.75, 3.05) is 0 Å². The highest BCUT2D eigenvalue weighted by molar-refractivity contribution is 6.30. The zero-order chi connectivity index (χ0) is 12.3. The number of rotatable bonds is 3. The summed E-state index contributed by atoms with van der Waals surface area (Å²) in [7, 11) is 0. The topological polar surface area (TPSA) is 30.2 Å². The minimum atomic E-state index is -0.0765. The van der Waals surface area contributed by atoms with Crippen LogP contribution in [0.1, 0.15) is 28.6 Å². The summed E-state index contributed by atoms with van der Waals surface area (Å²) in [5, 5.41) is 0.698. The van der Waals surface area contributed by atoms with Crippen LogP contribution >= 0.6 is 11.6 Å². The molecule has 0 fully saturated rings. The van der Waals surface area contributed by atoms with Gasteiger partial charge in [-0.1, -0.05) is 35.9 Å². The van der Waals surface area contributed by atoms with Gasteiger partial charge in [-0.15, -0.1) is 0 Å². The summed E-state index contributed by atoms with van der Waals surface area (Å²) in [5.41, 5.74) is 1.86. The van der Waals surface area contributed by atoms with Crippen molar-refractivity contribution >= 4 is 29.5 Å². The predicted octanol–water partition coefficient (Wildman–Crippen LogP) is 4.31. The Morgan fingerprint density at radius 3 is 2.65 bits per heavy atom. The molecular weight excluding hydrogens is 236 g/mol. The molecule has 0 spiro atoms. The van der Waals surface area contributed by atoms with Crippen LogP contribution in [0.3, 0.4) is 0 Å². The second kappa shape index (κ2) is 5.02. The first kappa shape index (κ1) is 11.7. The van der Waals surface area contributed by atoms with E-state index in [2.05, 4.69) is 0 Å². The van der Waals surface area contributed by atoms with Crippen LogP contribution < -0.4 is 0 Å². The second-order valence-corrected chi connectivity index (χ2v) is 4.13. The Morgan fingerprint density at radius 2 is 2.00 bits per heavy atom. The van der Waals surface area contributed by atoms with E-state index >= 15 is 0 Å². The molecular formula is C14H11ClO2. The number of Topliss-reactive ketones (excluding diaryl/α,β-unsaturated/α-hetero) is 1. The smallest absolute Gasteiger partial charge is 0.194 e. The van der Waals surface area contributed by atoms with Gasteiger partial charge in [0.05, 0.1) is 6.26 Å². The molecule has 1 aromatic carbocycles. The first-order chi connectivity index (χ1) is 8.15. The Morgan fingerprint density at radius 1 is 1.24 bits per heavy atom. The minimum Gasteiger partial charge on any atom is -0.461 e. The summed E-state index contributed by atoms with van der Waals surface area (Å²) in [6, 6.07) is 9.24. The van der Waals surface area contributed by atoms with E-state index in [4.69, 9.17) is 16.0 Å². The first-order valence-electron chi connectivity index (χ1n) is 5.18. The van der Waals surface area contributed by atoms with Gasteiger partial charge in [-0.05, 0) is 23.8 Å². The number of benzene rings is 1. The van der Waals surface area contributed by atoms with E-state index in [9.17, 15) is 4.79 Å². The molecule has 0 aliphatic carbocycles. The molecule has 0 saturated heterocycles. The number of furan rings is 1. The number of hydrogen-bond acceptors (Lipinski definition) is 2. The summed E-state index contributed by atoms with van der Waals surface area (Å²) < 4.78 is 5.11. The molecule has 1 aromatic heterocycles. The van der Waals surface area contributed by atoms with Gasteiger partial charge < -0.3 is 4.42 Å². The van der Waals surface area contributed by atoms with Crippen LogP contribution in [0.25, 0.3) is 12.2 Å². The molecule has 0 aliphatic heterocycles. The lowest BCUT2D eigenvalue weighted by Gasteiger charge is -1.92. The van der Waals surface area contributed by atoms with Gasteiger partial charge in [0.1, 0.15) is 0 Å². The lowest BCUT2D eigenvalue weighted by molar-refractivity contribution is 0.0987. The van der Waals surface area contributed by atoms with E-state index in [-0.39, 0.29) is 5.78 Å². The molecule has 3 heteroatoms. The third-order valence-corrected chi connectivity index (χ3v) is 2.52. The normalized spacial score (nSPS) is 10.9. The van der Waals surface area contributed by atoms with Gasteiger partial charge >= 0.3 is 0 Å². The van der Waals surface area contributed by atoms with Gasteiger partial charge in [0.2, 0.25) is 0 Å². The standard InChI is InChI=1S/C14H11ClO2/c1-10(16)14-8-12(9-17-14)6-5-11-3-2-4-13(15)7-11/h2-9H,1H3. The zero-order valence-electron chi connectivity index (χ0n) is 9.31. The fraction of sp³-hybridized carbons (Fsp3) is 0.0714. The molecule has 2 nitrogen and oxygen atoms in total. The average Bonchev–Trinajstić information content (AvgIpc) is 2.75. The van der Waals surface area contributed by atoms with Crippen molar-refractivity contribution in [3.8, 4) is 0 Å². The van der Waals surface area contributed by atoms with Gasteiger partial charge in [0.15, 0.2) is 11.5 Å². The molecule has 1 heterocycles. The molecule has 0 radical (unpaired) electrons. The minimum absolute atomic E-state index is 0.0765. The lowest BCUT2D eigenvalue weighted by Crippen LogP contribution is -1.85. The number of ketones is 1. The van der Waals surface area contributed by atoms with Crippen LogP contribution in [-0.2, 0) is 0 Å². The average molecular weight is 247 g/mol. The number of hydrogen-bond donors (Lipinski definition) is 0. The summed E-state index contributed by atoms with van der Waals surface area (Å²) in [5.74, 6) is 0.295. The van der Waals surface area contributed by atoms with E-state index in [1.54, 1.807) is 12.3 Å². The number of halogens is 1. The molecule has 0 atom stereocenters. The Balaban J connectivity index is 2.17. The van der Waals surface area contributed by atoms with Crippen LogP contribution in [-0.4, -0.2) is 5.78 Å². The second-order valence-electron chi connectivity index (χ2n) is 3.69. The number of carbonyl (C=O) groups is 1. The Labute approximate surface area is 105 Å². The van der Waals surface area contributed by atoms with E-state index in [0.717, 1.165) is 11.1 Å². The number of carbonyl (C=O) groups excluding carboxylic acids is 1. The molecule has 0 aliphatic rings. The van der Waals surface area contributed by atoms with Crippen molar-refractivity contribution in [2.45, 2.75) is 6.92 Å². The molecule has 0 bridgehead atoms. The fourth-order valence-electron chi connectivity index (χ4n) is 1.43. The quantitative estimate of drug-likeness (QED) is 0.756. The summed E-state index contributed by atoms with van der Waals surface area (Å²) in [4.78, 5) is 11.0. The van der Waals surface area contributed by atoms with E-state index in [1.165, 1.54) is 6.92 Å². The summed E-state index contributed by atoms with van der Waals surface area (Å²) in [6.45, 7) is 1.48. The van der Waals surface area contributed by atoms with E-state index < -0.39 is 0 Å². The maximum atomic E-state index is 11.0. The van der Waals surface area contributed by atoms with Gasteiger partial charge in [0.25, 0.3) is 0 Å². The molecule has 2 rings (SSSR count).